The van der Waals surface area contributed by atoms with Crippen LogP contribution in [0.5, 0.6) is 0 Å². The first-order valence-electron chi connectivity index (χ1n) is 25.3. The van der Waals surface area contributed by atoms with Gasteiger partial charge in [-0.25, -0.2) is 4.79 Å². The number of benzene rings is 2. The van der Waals surface area contributed by atoms with Crippen molar-refractivity contribution in [2.45, 2.75) is 219 Å². The number of ether oxygens (including phenoxy) is 4. The number of unbranched alkanes of at least 4 members (excludes halogenated alkanes) is 20. The van der Waals surface area contributed by atoms with Crippen molar-refractivity contribution in [3.05, 3.63) is 83.9 Å². The van der Waals surface area contributed by atoms with E-state index in [0.717, 1.165) is 57.8 Å². The molecule has 2 fully saturated rings. The van der Waals surface area contributed by atoms with Gasteiger partial charge in [-0.05, 0) is 61.5 Å². The zero-order chi connectivity index (χ0) is 43.4. The summed E-state index contributed by atoms with van der Waals surface area (Å²) in [7, 11) is 0. The Bertz CT molecular complexity index is 1410. The number of esters is 2. The van der Waals surface area contributed by atoms with Crippen molar-refractivity contribution in [2.24, 2.45) is 17.8 Å². The first-order valence-corrected chi connectivity index (χ1v) is 25.3. The number of carbonyl (C=O) groups is 2. The van der Waals surface area contributed by atoms with Gasteiger partial charge in [-0.2, -0.15) is 0 Å². The van der Waals surface area contributed by atoms with E-state index in [0.29, 0.717) is 42.6 Å². The summed E-state index contributed by atoms with van der Waals surface area (Å²) in [5.41, 5.74) is 0.974. The molecule has 0 N–H and O–H groups in total. The van der Waals surface area contributed by atoms with Crippen LogP contribution in [0.15, 0.2) is 72.8 Å². The lowest BCUT2D eigenvalue weighted by molar-refractivity contribution is -0.230. The average molecular weight is 843 g/mol. The fourth-order valence-corrected chi connectivity index (χ4v) is 9.35. The Hall–Kier alpha value is -2.96. The number of rotatable bonds is 33. The molecule has 0 radical (unpaired) electrons. The zero-order valence-corrected chi connectivity index (χ0v) is 39.0. The fraction of sp³-hybridized carbons (Fsp3) is 0.709. The van der Waals surface area contributed by atoms with Gasteiger partial charge in [0, 0.05) is 6.42 Å². The van der Waals surface area contributed by atoms with Crippen LogP contribution >= 0.6 is 0 Å². The summed E-state index contributed by atoms with van der Waals surface area (Å²) < 4.78 is 25.3. The highest BCUT2D eigenvalue weighted by atomic mass is 16.7. The third kappa shape index (κ3) is 18.3. The number of allylic oxidation sites excluding steroid dienone is 1. The fourth-order valence-electron chi connectivity index (χ4n) is 9.35. The van der Waals surface area contributed by atoms with Crippen molar-refractivity contribution in [3.8, 4) is 0 Å². The van der Waals surface area contributed by atoms with E-state index in [1.54, 1.807) is 0 Å². The van der Waals surface area contributed by atoms with Crippen LogP contribution in [-0.4, -0.2) is 37.5 Å². The molecule has 0 bridgehead atoms. The topological polar surface area (TPSA) is 71.1 Å². The summed E-state index contributed by atoms with van der Waals surface area (Å²) in [6, 6.07) is 19.3. The molecular weight excluding hydrogens is 757 g/mol. The second kappa shape index (κ2) is 30.2. The highest BCUT2D eigenvalue weighted by molar-refractivity contribution is 5.86. The summed E-state index contributed by atoms with van der Waals surface area (Å²) in [4.78, 5) is 28.7. The van der Waals surface area contributed by atoms with Crippen molar-refractivity contribution in [1.29, 1.82) is 0 Å². The minimum Gasteiger partial charge on any atom is -0.460 e. The Labute approximate surface area is 372 Å². The number of hydrogen-bond donors (Lipinski definition) is 0. The maximum Gasteiger partial charge on any atom is 0.348 e. The summed E-state index contributed by atoms with van der Waals surface area (Å²) in [5, 5.41) is 0. The van der Waals surface area contributed by atoms with Crippen molar-refractivity contribution in [3.63, 3.8) is 0 Å². The molecule has 4 atom stereocenters. The van der Waals surface area contributed by atoms with Crippen LogP contribution in [0.4, 0.5) is 0 Å². The van der Waals surface area contributed by atoms with Gasteiger partial charge in [0.05, 0.1) is 13.2 Å². The molecule has 2 aromatic carbocycles. The van der Waals surface area contributed by atoms with Crippen LogP contribution in [0.1, 0.15) is 212 Å². The lowest BCUT2D eigenvalue weighted by Gasteiger charge is -2.37. The first-order chi connectivity index (χ1) is 29.9. The molecule has 4 rings (SSSR count). The maximum absolute atomic E-state index is 15.2. The molecule has 4 unspecified atom stereocenters. The van der Waals surface area contributed by atoms with Crippen molar-refractivity contribution < 1.29 is 28.5 Å². The summed E-state index contributed by atoms with van der Waals surface area (Å²) in [6.07, 6.45) is 32.3. The van der Waals surface area contributed by atoms with Gasteiger partial charge >= 0.3 is 11.9 Å². The quantitative estimate of drug-likeness (QED) is 0.0234. The van der Waals surface area contributed by atoms with Crippen LogP contribution < -0.4 is 0 Å². The molecule has 1 aliphatic heterocycles. The Morgan fingerprint density at radius 3 is 1.59 bits per heavy atom. The van der Waals surface area contributed by atoms with Crippen LogP contribution in [-0.2, 0) is 34.1 Å². The van der Waals surface area contributed by atoms with E-state index >= 15 is 4.79 Å². The van der Waals surface area contributed by atoms with E-state index in [9.17, 15) is 4.79 Å². The van der Waals surface area contributed by atoms with E-state index in [4.69, 9.17) is 18.9 Å². The molecule has 342 valence electrons. The van der Waals surface area contributed by atoms with E-state index in [1.807, 2.05) is 60.7 Å². The van der Waals surface area contributed by atoms with Gasteiger partial charge in [0.15, 0.2) is 0 Å². The zero-order valence-electron chi connectivity index (χ0n) is 39.0. The van der Waals surface area contributed by atoms with Gasteiger partial charge in [0.2, 0.25) is 11.9 Å². The van der Waals surface area contributed by atoms with Gasteiger partial charge in [-0.3, -0.25) is 4.79 Å². The van der Waals surface area contributed by atoms with Gasteiger partial charge < -0.3 is 18.9 Å². The van der Waals surface area contributed by atoms with Crippen molar-refractivity contribution in [1.82, 2.24) is 0 Å². The number of carbonyl (C=O) groups excluding carboxylic acids is 2. The molecule has 0 amide bonds. The van der Waals surface area contributed by atoms with Crippen LogP contribution in [0.3, 0.4) is 0 Å². The lowest BCUT2D eigenvalue weighted by atomic mass is 9.85. The monoisotopic (exact) mass is 843 g/mol. The van der Waals surface area contributed by atoms with Crippen LogP contribution in [0, 0.1) is 17.8 Å². The predicted molar refractivity (Wildman–Crippen MR) is 251 cm³/mol. The molecule has 1 saturated carbocycles. The molecule has 0 aromatic heterocycles. The maximum atomic E-state index is 15.2. The van der Waals surface area contributed by atoms with Crippen LogP contribution in [0.2, 0.25) is 0 Å². The molecule has 1 heterocycles. The molecule has 6 heteroatoms. The minimum absolute atomic E-state index is 0.277. The third-order valence-corrected chi connectivity index (χ3v) is 13.4. The van der Waals surface area contributed by atoms with Crippen molar-refractivity contribution in [2.75, 3.05) is 13.2 Å². The first kappa shape index (κ1) is 50.7. The molecule has 6 nitrogen and oxygen atoms in total. The normalized spacial score (nSPS) is 18.8. The Morgan fingerprint density at radius 1 is 0.639 bits per heavy atom. The highest BCUT2D eigenvalue weighted by Crippen LogP contribution is 2.41. The molecule has 61 heavy (non-hydrogen) atoms. The predicted octanol–water partition coefficient (Wildman–Crippen LogP) is 15.2. The average Bonchev–Trinajstić information content (AvgIpc) is 3.44. The molecular formula is C55H86O6. The minimum atomic E-state index is -1.64. The van der Waals surface area contributed by atoms with Gasteiger partial charge in [-0.15, -0.1) is 0 Å². The Kier molecular flexibility index (Phi) is 25.1. The van der Waals surface area contributed by atoms with Gasteiger partial charge in [0.1, 0.15) is 12.0 Å². The van der Waals surface area contributed by atoms with Gasteiger partial charge in [-0.1, -0.05) is 228 Å². The molecule has 1 saturated heterocycles. The second-order valence-electron chi connectivity index (χ2n) is 18.8. The number of hydrogen-bond acceptors (Lipinski definition) is 6. The molecule has 2 aromatic rings. The molecule has 0 spiro atoms. The van der Waals surface area contributed by atoms with E-state index in [1.165, 1.54) is 121 Å². The highest BCUT2D eigenvalue weighted by Gasteiger charge is 2.49. The lowest BCUT2D eigenvalue weighted by Crippen LogP contribution is -2.47. The van der Waals surface area contributed by atoms with Gasteiger partial charge in [0.25, 0.3) is 0 Å². The SMILES string of the molecule is C=C(CCCCCC)C1CCC(C)CC(OC(=O)C(OC(CCCCCCCCCCCCCCCCCCCC)OC(=O)C2COC2)(c2ccccc2)c2ccccc2)C1. The van der Waals surface area contributed by atoms with Crippen LogP contribution in [0.25, 0.3) is 0 Å². The standard InChI is InChI=1S/C55H86O6/c1-5-7-9-11-12-13-14-15-16-17-18-19-20-21-22-23-24-32-38-52(60-53(56)48-43-58-44-48)61-55(49-34-28-25-29-35-49,50-36-30-26-31-37-50)54(57)59-51-41-45(3)39-40-47(42-51)46(4)33-27-10-8-6-2/h25-26,28-31,34-37,45,47-48,51-52H,4-24,27,32-33,38-44H2,1-3H3. The third-order valence-electron chi connectivity index (χ3n) is 13.4. The molecule has 1 aliphatic carbocycles. The van der Waals surface area contributed by atoms with E-state index in [-0.39, 0.29) is 18.0 Å². The summed E-state index contributed by atoms with van der Waals surface area (Å²) in [5.74, 6) is -0.374. The molecule has 2 aliphatic rings. The van der Waals surface area contributed by atoms with E-state index < -0.39 is 17.9 Å². The Morgan fingerprint density at radius 2 is 1.11 bits per heavy atom. The van der Waals surface area contributed by atoms with E-state index in [2.05, 4.69) is 27.4 Å². The van der Waals surface area contributed by atoms with Crippen molar-refractivity contribution >= 4 is 11.9 Å². The smallest absolute Gasteiger partial charge is 0.348 e. The Balaban J connectivity index is 1.38. The second-order valence-corrected chi connectivity index (χ2v) is 18.8. The summed E-state index contributed by atoms with van der Waals surface area (Å²) >= 11 is 0. The summed E-state index contributed by atoms with van der Waals surface area (Å²) in [6.45, 7) is 12.0. The largest absolute Gasteiger partial charge is 0.460 e.